The van der Waals surface area contributed by atoms with Crippen LogP contribution >= 0.6 is 0 Å². The number of fused-ring (bicyclic) bond motifs is 1. The molecule has 1 heterocycles. The molecule has 3 nitrogen and oxygen atoms in total. The fourth-order valence-corrected chi connectivity index (χ4v) is 3.02. The Kier molecular flexibility index (Phi) is 3.17. The molecule has 1 aliphatic rings. The maximum atomic E-state index is 6.23. The molecule has 0 saturated heterocycles. The second kappa shape index (κ2) is 4.83. The Morgan fingerprint density at radius 1 is 1.26 bits per heavy atom. The Labute approximate surface area is 114 Å². The van der Waals surface area contributed by atoms with E-state index in [9.17, 15) is 0 Å². The third kappa shape index (κ3) is 2.20. The molecule has 0 radical (unpaired) electrons. The molecule has 2 atom stereocenters. The van der Waals surface area contributed by atoms with Gasteiger partial charge >= 0.3 is 0 Å². The maximum Gasteiger partial charge on any atom is 0.105 e. The van der Waals surface area contributed by atoms with Crippen LogP contribution in [0, 0.1) is 6.92 Å². The molecule has 1 aromatic carbocycles. The third-order valence-electron chi connectivity index (χ3n) is 4.15. The Hall–Kier alpha value is -1.58. The van der Waals surface area contributed by atoms with Crippen LogP contribution in [0.4, 0.5) is 0 Å². The van der Waals surface area contributed by atoms with Gasteiger partial charge in [0.1, 0.15) is 5.76 Å². The normalized spacial score (nSPS) is 21.9. The number of rotatable bonds is 3. The molecule has 1 aliphatic carbocycles. The number of furan rings is 1. The summed E-state index contributed by atoms with van der Waals surface area (Å²) < 4.78 is 5.37. The van der Waals surface area contributed by atoms with E-state index in [1.807, 2.05) is 13.0 Å². The molecule has 19 heavy (non-hydrogen) atoms. The predicted octanol–water partition coefficient (Wildman–Crippen LogP) is 3.16. The van der Waals surface area contributed by atoms with E-state index in [1.165, 1.54) is 16.7 Å². The number of hydrogen-bond donors (Lipinski definition) is 1. The van der Waals surface area contributed by atoms with Crippen molar-refractivity contribution >= 4 is 0 Å². The fourth-order valence-electron chi connectivity index (χ4n) is 3.02. The molecule has 3 heteroatoms. The van der Waals surface area contributed by atoms with Gasteiger partial charge in [-0.05, 0) is 37.6 Å². The maximum absolute atomic E-state index is 6.23. The summed E-state index contributed by atoms with van der Waals surface area (Å²) in [6.45, 7) is 2.91. The molecule has 0 bridgehead atoms. The van der Waals surface area contributed by atoms with Crippen LogP contribution in [0.15, 0.2) is 41.0 Å². The molecule has 0 aliphatic heterocycles. The van der Waals surface area contributed by atoms with Gasteiger partial charge in [-0.1, -0.05) is 24.3 Å². The number of nitrogens with zero attached hydrogens (tertiary/aromatic N) is 1. The van der Waals surface area contributed by atoms with Gasteiger partial charge in [0.05, 0.1) is 6.26 Å². The molecule has 0 amide bonds. The van der Waals surface area contributed by atoms with E-state index in [4.69, 9.17) is 10.2 Å². The quantitative estimate of drug-likeness (QED) is 0.917. The second-order valence-electron chi connectivity index (χ2n) is 5.40. The molecular weight excluding hydrogens is 236 g/mol. The topological polar surface area (TPSA) is 42.4 Å². The molecule has 100 valence electrons. The molecule has 1 aromatic heterocycles. The lowest BCUT2D eigenvalue weighted by molar-refractivity contribution is 0.228. The zero-order chi connectivity index (χ0) is 13.4. The number of hydrogen-bond acceptors (Lipinski definition) is 3. The lowest BCUT2D eigenvalue weighted by atomic mass is 10.1. The van der Waals surface area contributed by atoms with Gasteiger partial charge in [0.25, 0.3) is 0 Å². The van der Waals surface area contributed by atoms with Gasteiger partial charge in [-0.15, -0.1) is 0 Å². The van der Waals surface area contributed by atoms with E-state index in [1.54, 1.807) is 6.26 Å². The van der Waals surface area contributed by atoms with E-state index in [-0.39, 0.29) is 6.04 Å². The summed E-state index contributed by atoms with van der Waals surface area (Å²) in [7, 11) is 2.16. The summed E-state index contributed by atoms with van der Waals surface area (Å²) >= 11 is 0. The van der Waals surface area contributed by atoms with Crippen LogP contribution in [0.1, 0.15) is 41.0 Å². The summed E-state index contributed by atoms with van der Waals surface area (Å²) in [5.41, 5.74) is 10.2. The Balaban J connectivity index is 1.82. The van der Waals surface area contributed by atoms with E-state index >= 15 is 0 Å². The van der Waals surface area contributed by atoms with Crippen LogP contribution in [0.2, 0.25) is 0 Å². The van der Waals surface area contributed by atoms with Crippen LogP contribution in [0.5, 0.6) is 0 Å². The zero-order valence-corrected chi connectivity index (χ0v) is 11.5. The minimum absolute atomic E-state index is 0.161. The fraction of sp³-hybridized carbons (Fsp3) is 0.375. The molecule has 0 fully saturated rings. The SMILES string of the molecule is Cc1occc1CN(C)C1CC(N)c2ccccc21. The van der Waals surface area contributed by atoms with Gasteiger partial charge in [0.15, 0.2) is 0 Å². The highest BCUT2D eigenvalue weighted by Crippen LogP contribution is 2.40. The van der Waals surface area contributed by atoms with Crippen molar-refractivity contribution in [3.63, 3.8) is 0 Å². The highest BCUT2D eigenvalue weighted by Gasteiger charge is 2.31. The highest BCUT2D eigenvalue weighted by atomic mass is 16.3. The first kappa shape index (κ1) is 12.5. The Bertz CT molecular complexity index is 576. The van der Waals surface area contributed by atoms with Crippen molar-refractivity contribution in [2.24, 2.45) is 5.73 Å². The van der Waals surface area contributed by atoms with Gasteiger partial charge in [-0.25, -0.2) is 0 Å². The van der Waals surface area contributed by atoms with Crippen molar-refractivity contribution in [1.82, 2.24) is 4.90 Å². The van der Waals surface area contributed by atoms with Crippen LogP contribution < -0.4 is 5.73 Å². The first-order valence-electron chi connectivity index (χ1n) is 6.74. The van der Waals surface area contributed by atoms with E-state index in [0.717, 1.165) is 18.7 Å². The average Bonchev–Trinajstić information content (AvgIpc) is 2.95. The summed E-state index contributed by atoms with van der Waals surface area (Å²) in [5.74, 6) is 1.00. The highest BCUT2D eigenvalue weighted by molar-refractivity contribution is 5.37. The standard InChI is InChI=1S/C16H20N2O/c1-11-12(7-8-19-11)10-18(2)16-9-15(17)13-5-3-4-6-14(13)16/h3-8,15-16H,9-10,17H2,1-2H3. The minimum Gasteiger partial charge on any atom is -0.469 e. The van der Waals surface area contributed by atoms with Crippen molar-refractivity contribution in [1.29, 1.82) is 0 Å². The number of aryl methyl sites for hydroxylation is 1. The van der Waals surface area contributed by atoms with E-state index in [0.29, 0.717) is 6.04 Å². The van der Waals surface area contributed by atoms with E-state index < -0.39 is 0 Å². The van der Waals surface area contributed by atoms with Gasteiger partial charge in [0.2, 0.25) is 0 Å². The summed E-state index contributed by atoms with van der Waals surface area (Å²) in [5, 5.41) is 0. The average molecular weight is 256 g/mol. The first-order chi connectivity index (χ1) is 9.16. The second-order valence-corrected chi connectivity index (χ2v) is 5.40. The van der Waals surface area contributed by atoms with Crippen molar-refractivity contribution in [2.45, 2.75) is 32.0 Å². The van der Waals surface area contributed by atoms with E-state index in [2.05, 4.69) is 36.2 Å². The molecule has 2 aromatic rings. The summed E-state index contributed by atoms with van der Waals surface area (Å²) in [6.07, 6.45) is 2.75. The van der Waals surface area contributed by atoms with Gasteiger partial charge in [-0.3, -0.25) is 4.90 Å². The lowest BCUT2D eigenvalue weighted by Gasteiger charge is -2.25. The smallest absolute Gasteiger partial charge is 0.105 e. The van der Waals surface area contributed by atoms with Gasteiger partial charge in [-0.2, -0.15) is 0 Å². The first-order valence-corrected chi connectivity index (χ1v) is 6.74. The molecule has 0 spiro atoms. The molecular formula is C16H20N2O. The predicted molar refractivity (Wildman–Crippen MR) is 75.6 cm³/mol. The van der Waals surface area contributed by atoms with Crippen LogP contribution in [0.25, 0.3) is 0 Å². The number of nitrogens with two attached hydrogens (primary N) is 1. The summed E-state index contributed by atoms with van der Waals surface area (Å²) in [6, 6.07) is 11.1. The largest absolute Gasteiger partial charge is 0.469 e. The minimum atomic E-state index is 0.161. The van der Waals surface area contributed by atoms with Gasteiger partial charge in [0, 0.05) is 24.2 Å². The summed E-state index contributed by atoms with van der Waals surface area (Å²) in [4.78, 5) is 2.36. The molecule has 2 unspecified atom stereocenters. The third-order valence-corrected chi connectivity index (χ3v) is 4.15. The van der Waals surface area contributed by atoms with Crippen molar-refractivity contribution in [3.8, 4) is 0 Å². The monoisotopic (exact) mass is 256 g/mol. The van der Waals surface area contributed by atoms with Crippen LogP contribution in [-0.4, -0.2) is 11.9 Å². The van der Waals surface area contributed by atoms with Crippen molar-refractivity contribution in [2.75, 3.05) is 7.05 Å². The van der Waals surface area contributed by atoms with Crippen LogP contribution in [-0.2, 0) is 6.54 Å². The Morgan fingerprint density at radius 2 is 2.00 bits per heavy atom. The zero-order valence-electron chi connectivity index (χ0n) is 11.5. The van der Waals surface area contributed by atoms with Crippen LogP contribution in [0.3, 0.4) is 0 Å². The number of benzene rings is 1. The molecule has 3 rings (SSSR count). The molecule has 2 N–H and O–H groups in total. The molecule has 0 saturated carbocycles. The Morgan fingerprint density at radius 3 is 2.68 bits per heavy atom. The lowest BCUT2D eigenvalue weighted by Crippen LogP contribution is -2.23. The van der Waals surface area contributed by atoms with Gasteiger partial charge < -0.3 is 10.2 Å². The van der Waals surface area contributed by atoms with Crippen molar-refractivity contribution < 1.29 is 4.42 Å². The van der Waals surface area contributed by atoms with Crippen molar-refractivity contribution in [3.05, 3.63) is 59.0 Å².